The largest absolute Gasteiger partial charge is 0.387 e. The highest BCUT2D eigenvalue weighted by atomic mass is 16.7. The van der Waals surface area contributed by atoms with Gasteiger partial charge in [0, 0.05) is 0 Å². The van der Waals surface area contributed by atoms with E-state index in [1.807, 2.05) is 0 Å². The molecule has 0 amide bonds. The topological polar surface area (TPSA) is 121 Å². The maximum absolute atomic E-state index is 10.2. The van der Waals surface area contributed by atoms with E-state index in [-0.39, 0.29) is 6.42 Å². The van der Waals surface area contributed by atoms with E-state index in [0.29, 0.717) is 0 Å². The highest BCUT2D eigenvalue weighted by Gasteiger charge is 2.53. The second-order valence-electron chi connectivity index (χ2n) is 2.26. The van der Waals surface area contributed by atoms with Crippen molar-refractivity contribution >= 4 is 0 Å². The fourth-order valence-electron chi connectivity index (χ4n) is 0.502. The lowest BCUT2D eigenvalue weighted by Crippen LogP contribution is -2.60. The van der Waals surface area contributed by atoms with Crippen LogP contribution in [0.25, 0.3) is 0 Å². The molecule has 11 heavy (non-hydrogen) atoms. The van der Waals surface area contributed by atoms with Crippen molar-refractivity contribution in [1.29, 1.82) is 0 Å². The number of aliphatic hydroxyl groups is 5. The second kappa shape index (κ2) is 3.02. The Balaban J connectivity index is 4.45. The molecule has 0 heterocycles. The Hall–Kier alpha value is -0.240. The van der Waals surface area contributed by atoms with E-state index in [1.54, 1.807) is 0 Å². The van der Waals surface area contributed by atoms with Gasteiger partial charge in [0.2, 0.25) is 0 Å². The molecule has 67 valence electrons. The van der Waals surface area contributed by atoms with Gasteiger partial charge in [0.05, 0.1) is 0 Å². The Morgan fingerprint density at radius 3 is 1.73 bits per heavy atom. The molecule has 0 spiro atoms. The van der Waals surface area contributed by atoms with Crippen LogP contribution >= 0.6 is 0 Å². The molecular weight excluding hydrogens is 156 g/mol. The third-order valence-electron chi connectivity index (χ3n) is 1.33. The van der Waals surface area contributed by atoms with Gasteiger partial charge in [-0.2, -0.15) is 5.11 Å². The lowest BCUT2D eigenvalue weighted by atomic mass is 10.1. The Kier molecular flexibility index (Phi) is 2.95. The Morgan fingerprint density at radius 1 is 1.27 bits per heavy atom. The fraction of sp³-hybridized carbons (Fsp3) is 1.00. The third-order valence-corrected chi connectivity index (χ3v) is 1.33. The van der Waals surface area contributed by atoms with Gasteiger partial charge in [0.1, 0.15) is 6.10 Å². The van der Waals surface area contributed by atoms with Crippen LogP contribution in [0.5, 0.6) is 0 Å². The zero-order valence-corrected chi connectivity index (χ0v) is 5.93. The Bertz CT molecular complexity index is 125. The first-order chi connectivity index (χ1) is 4.73. The van der Waals surface area contributed by atoms with Crippen LogP contribution in [-0.2, 0) is 5.11 Å². The summed E-state index contributed by atoms with van der Waals surface area (Å²) >= 11 is 0. The van der Waals surface area contributed by atoms with E-state index < -0.39 is 17.9 Å². The first-order valence-electron chi connectivity index (χ1n) is 3.01. The summed E-state index contributed by atoms with van der Waals surface area (Å²) < 4.78 is 0. The molecule has 0 aromatic rings. The molecule has 0 fully saturated rings. The van der Waals surface area contributed by atoms with Crippen LogP contribution in [0.15, 0.2) is 0 Å². The molecule has 1 unspecified atom stereocenters. The van der Waals surface area contributed by atoms with Crippen LogP contribution in [0.1, 0.15) is 13.3 Å². The molecule has 0 aliphatic carbocycles. The molecule has 0 rings (SSSR count). The van der Waals surface area contributed by atoms with Gasteiger partial charge in [0.15, 0.2) is 0 Å². The third kappa shape index (κ3) is 2.09. The standard InChI is InChI=1S/C5H11O6/c1-2-3(6)4(7,8)5(9,10)11/h3,6-10H,2H2,1H3. The zero-order chi connectivity index (χ0) is 9.28. The van der Waals surface area contributed by atoms with E-state index >= 15 is 0 Å². The summed E-state index contributed by atoms with van der Waals surface area (Å²) in [4.78, 5) is 0. The van der Waals surface area contributed by atoms with E-state index in [1.165, 1.54) is 6.92 Å². The molecule has 0 bridgehead atoms. The normalized spacial score (nSPS) is 16.6. The molecule has 1 radical (unpaired) electrons. The van der Waals surface area contributed by atoms with Gasteiger partial charge in [-0.25, -0.2) is 0 Å². The van der Waals surface area contributed by atoms with Crippen LogP contribution in [0.4, 0.5) is 0 Å². The van der Waals surface area contributed by atoms with Crippen molar-refractivity contribution in [1.82, 2.24) is 0 Å². The van der Waals surface area contributed by atoms with Crippen molar-refractivity contribution in [3.8, 4) is 0 Å². The van der Waals surface area contributed by atoms with Gasteiger partial charge in [-0.3, -0.25) is 0 Å². The van der Waals surface area contributed by atoms with Gasteiger partial charge in [-0.1, -0.05) is 6.92 Å². The van der Waals surface area contributed by atoms with Crippen molar-refractivity contribution in [2.45, 2.75) is 31.2 Å². The molecule has 0 saturated heterocycles. The van der Waals surface area contributed by atoms with E-state index in [0.717, 1.165) is 0 Å². The Labute approximate surface area is 63.0 Å². The van der Waals surface area contributed by atoms with Crippen molar-refractivity contribution in [2.24, 2.45) is 0 Å². The summed E-state index contributed by atoms with van der Waals surface area (Å²) in [6, 6.07) is 0. The number of rotatable bonds is 3. The summed E-state index contributed by atoms with van der Waals surface area (Å²) in [5, 5.41) is 52.5. The summed E-state index contributed by atoms with van der Waals surface area (Å²) in [7, 11) is 0. The summed E-state index contributed by atoms with van der Waals surface area (Å²) in [5.74, 6) is -7.41. The van der Waals surface area contributed by atoms with Crippen molar-refractivity contribution in [2.75, 3.05) is 0 Å². The maximum Gasteiger partial charge on any atom is 0.365 e. The SMILES string of the molecule is CCC(O)C(O)(O)C([O])(O)O. The molecule has 0 aromatic carbocycles. The monoisotopic (exact) mass is 167 g/mol. The van der Waals surface area contributed by atoms with Crippen molar-refractivity contribution < 1.29 is 30.6 Å². The number of hydrogen-bond donors (Lipinski definition) is 5. The highest BCUT2D eigenvalue weighted by molar-refractivity contribution is 4.79. The van der Waals surface area contributed by atoms with Crippen LogP contribution in [0, 0.1) is 0 Å². The smallest absolute Gasteiger partial charge is 0.365 e. The molecule has 0 aromatic heterocycles. The predicted molar refractivity (Wildman–Crippen MR) is 31.3 cm³/mol. The fourth-order valence-corrected chi connectivity index (χ4v) is 0.502. The van der Waals surface area contributed by atoms with Crippen LogP contribution in [-0.4, -0.2) is 43.4 Å². The summed E-state index contributed by atoms with van der Waals surface area (Å²) in [6.07, 6.45) is -2.08. The Morgan fingerprint density at radius 2 is 1.64 bits per heavy atom. The summed E-state index contributed by atoms with van der Waals surface area (Å²) in [5.41, 5.74) is 0. The van der Waals surface area contributed by atoms with Gasteiger partial charge < -0.3 is 25.5 Å². The molecule has 5 N–H and O–H groups in total. The second-order valence-corrected chi connectivity index (χ2v) is 2.26. The van der Waals surface area contributed by atoms with Gasteiger partial charge in [-0.05, 0) is 6.42 Å². The number of hydrogen-bond acceptors (Lipinski definition) is 5. The lowest BCUT2D eigenvalue weighted by molar-refractivity contribution is -0.483. The molecule has 6 nitrogen and oxygen atoms in total. The van der Waals surface area contributed by atoms with Gasteiger partial charge >= 0.3 is 5.97 Å². The van der Waals surface area contributed by atoms with Crippen LogP contribution in [0.3, 0.4) is 0 Å². The van der Waals surface area contributed by atoms with E-state index in [4.69, 9.17) is 25.5 Å². The first-order valence-corrected chi connectivity index (χ1v) is 3.01. The average molecular weight is 167 g/mol. The quantitative estimate of drug-likeness (QED) is 0.298. The first kappa shape index (κ1) is 10.8. The van der Waals surface area contributed by atoms with Gasteiger partial charge in [-0.15, -0.1) is 0 Å². The molecular formula is C5H11O6. The zero-order valence-electron chi connectivity index (χ0n) is 5.93. The van der Waals surface area contributed by atoms with Crippen LogP contribution in [0.2, 0.25) is 0 Å². The van der Waals surface area contributed by atoms with Crippen molar-refractivity contribution in [3.63, 3.8) is 0 Å². The maximum atomic E-state index is 10.2. The predicted octanol–water partition coefficient (Wildman–Crippen LogP) is -2.49. The minimum absolute atomic E-state index is 0.182. The molecule has 1 atom stereocenters. The minimum Gasteiger partial charge on any atom is -0.387 e. The highest BCUT2D eigenvalue weighted by Crippen LogP contribution is 2.20. The van der Waals surface area contributed by atoms with Crippen molar-refractivity contribution in [3.05, 3.63) is 0 Å². The molecule has 0 saturated carbocycles. The lowest BCUT2D eigenvalue weighted by Gasteiger charge is -2.31. The molecule has 0 aliphatic rings. The van der Waals surface area contributed by atoms with E-state index in [9.17, 15) is 5.11 Å². The number of aliphatic hydroxyl groups excluding tert-OH is 1. The molecule has 6 heteroatoms. The van der Waals surface area contributed by atoms with Crippen LogP contribution < -0.4 is 0 Å². The minimum atomic E-state index is -3.97. The summed E-state index contributed by atoms with van der Waals surface area (Å²) in [6.45, 7) is 1.34. The molecule has 0 aliphatic heterocycles. The van der Waals surface area contributed by atoms with Gasteiger partial charge in [0.25, 0.3) is 5.79 Å². The van der Waals surface area contributed by atoms with E-state index in [2.05, 4.69) is 0 Å². The average Bonchev–Trinajstić information content (AvgIpc) is 1.83.